The third-order valence-electron chi connectivity index (χ3n) is 7.02. The number of urea groups is 1. The van der Waals surface area contributed by atoms with Gasteiger partial charge < -0.3 is 14.4 Å². The van der Waals surface area contributed by atoms with Crippen molar-refractivity contribution in [3.05, 3.63) is 69.9 Å². The number of hydrogen-bond donors (Lipinski definition) is 1. The van der Waals surface area contributed by atoms with Crippen molar-refractivity contribution in [2.24, 2.45) is 0 Å². The predicted molar refractivity (Wildman–Crippen MR) is 131 cm³/mol. The van der Waals surface area contributed by atoms with Gasteiger partial charge in [-0.15, -0.1) is 0 Å². The van der Waals surface area contributed by atoms with Crippen molar-refractivity contribution >= 4 is 29.2 Å². The fourth-order valence-corrected chi connectivity index (χ4v) is 7.69. The molecule has 7 nitrogen and oxygen atoms in total. The van der Waals surface area contributed by atoms with Crippen molar-refractivity contribution in [3.63, 3.8) is 0 Å². The summed E-state index contributed by atoms with van der Waals surface area (Å²) in [6.45, 7) is 2.40. The summed E-state index contributed by atoms with van der Waals surface area (Å²) in [5.41, 5.74) is -0.281. The number of benzene rings is 2. The third-order valence-corrected chi connectivity index (χ3v) is 10.1. The lowest BCUT2D eigenvalue weighted by Gasteiger charge is -2.35. The van der Waals surface area contributed by atoms with E-state index in [1.165, 1.54) is 17.9 Å². The minimum atomic E-state index is -3.06. The van der Waals surface area contributed by atoms with Crippen LogP contribution in [0.5, 0.6) is 0 Å². The molecular formula is C25H27F2N4O3P. The van der Waals surface area contributed by atoms with Crippen molar-refractivity contribution in [2.45, 2.75) is 25.4 Å². The lowest BCUT2D eigenvalue weighted by molar-refractivity contribution is 0.150. The number of likely N-dealkylation sites (tertiary alicyclic amines) is 1. The Kier molecular flexibility index (Phi) is 5.99. The molecule has 184 valence electrons. The summed E-state index contributed by atoms with van der Waals surface area (Å²) in [7, 11) is -3.06. The number of halogens is 2. The third kappa shape index (κ3) is 4.61. The molecule has 1 unspecified atom stereocenters. The molecule has 2 aromatic carbocycles. The molecule has 2 saturated heterocycles. The monoisotopic (exact) mass is 500 g/mol. The normalized spacial score (nSPS) is 22.0. The van der Waals surface area contributed by atoms with Gasteiger partial charge in [0.1, 0.15) is 18.6 Å². The molecule has 3 aromatic rings. The summed E-state index contributed by atoms with van der Waals surface area (Å²) in [6, 6.07) is 11.5. The Morgan fingerprint density at radius 1 is 1.11 bits per heavy atom. The average molecular weight is 500 g/mol. The molecule has 5 rings (SSSR count). The molecule has 2 amide bonds. The molecular weight excluding hydrogens is 473 g/mol. The van der Waals surface area contributed by atoms with Gasteiger partial charge in [-0.05, 0) is 30.7 Å². The molecule has 1 aromatic heterocycles. The summed E-state index contributed by atoms with van der Waals surface area (Å²) in [5.74, 6) is -0.524. The van der Waals surface area contributed by atoms with Crippen molar-refractivity contribution in [2.75, 3.05) is 38.5 Å². The van der Waals surface area contributed by atoms with Crippen LogP contribution in [0.1, 0.15) is 24.6 Å². The van der Waals surface area contributed by atoms with Crippen LogP contribution in [0.25, 0.3) is 10.8 Å². The van der Waals surface area contributed by atoms with Crippen molar-refractivity contribution in [3.8, 4) is 0 Å². The molecule has 2 aliphatic heterocycles. The maximum absolute atomic E-state index is 14.9. The number of aromatic nitrogens is 2. The van der Waals surface area contributed by atoms with E-state index >= 15 is 0 Å². The largest absolute Gasteiger partial charge is 0.324 e. The van der Waals surface area contributed by atoms with E-state index in [9.17, 15) is 22.9 Å². The first-order valence-electron chi connectivity index (χ1n) is 11.7. The average Bonchev–Trinajstić information content (AvgIpc) is 3.22. The van der Waals surface area contributed by atoms with E-state index in [-0.39, 0.29) is 48.9 Å². The molecule has 3 heterocycles. The van der Waals surface area contributed by atoms with Crippen LogP contribution >= 0.6 is 7.14 Å². The molecule has 0 aliphatic carbocycles. The fourth-order valence-electron chi connectivity index (χ4n) is 4.99. The van der Waals surface area contributed by atoms with Crippen LogP contribution in [0, 0.1) is 5.82 Å². The summed E-state index contributed by atoms with van der Waals surface area (Å²) in [5, 5.41) is 8.12. The maximum atomic E-state index is 14.9. The number of hydrogen-bond acceptors (Lipinski definition) is 4. The highest BCUT2D eigenvalue weighted by atomic mass is 31.2. The Bertz CT molecular complexity index is 1390. The minimum absolute atomic E-state index is 0.0597. The van der Waals surface area contributed by atoms with Gasteiger partial charge in [-0.1, -0.05) is 24.3 Å². The Hall–Kier alpha value is -3.06. The first kappa shape index (κ1) is 23.7. The second kappa shape index (κ2) is 8.86. The Morgan fingerprint density at radius 2 is 1.83 bits per heavy atom. The standard InChI is InChI=1S/C25H27F2N4O3P/c1-25(27)8-9-31(16-25)24(33)30-10-12-35(34,13-11-30)22-15-17(6-7-20(22)26)14-21-18-4-2-3-5-19(18)23(32)29-28-21/h2-7,15H,8-14,16H2,1H3,(H,29,32). The van der Waals surface area contributed by atoms with Gasteiger partial charge in [0.25, 0.3) is 5.56 Å². The number of nitrogens with one attached hydrogen (secondary N) is 1. The number of alkyl halides is 1. The van der Waals surface area contributed by atoms with Crippen molar-refractivity contribution < 1.29 is 18.1 Å². The highest BCUT2D eigenvalue weighted by Crippen LogP contribution is 2.47. The molecule has 0 bridgehead atoms. The highest BCUT2D eigenvalue weighted by molar-refractivity contribution is 7.71. The molecule has 2 aliphatic rings. The number of aromatic amines is 1. The summed E-state index contributed by atoms with van der Waals surface area (Å²) < 4.78 is 42.8. The number of fused-ring (bicyclic) bond motifs is 1. The number of H-pyrrole nitrogens is 1. The lowest BCUT2D eigenvalue weighted by atomic mass is 10.0. The van der Waals surface area contributed by atoms with Gasteiger partial charge in [0.15, 0.2) is 0 Å². The molecule has 35 heavy (non-hydrogen) atoms. The predicted octanol–water partition coefficient (Wildman–Crippen LogP) is 3.51. The highest BCUT2D eigenvalue weighted by Gasteiger charge is 2.40. The summed E-state index contributed by atoms with van der Waals surface area (Å²) in [6.07, 6.45) is 1.01. The van der Waals surface area contributed by atoms with Gasteiger partial charge in [0, 0.05) is 55.5 Å². The molecule has 1 N–H and O–H groups in total. The van der Waals surface area contributed by atoms with Crippen molar-refractivity contribution in [1.29, 1.82) is 0 Å². The lowest BCUT2D eigenvalue weighted by Crippen LogP contribution is -2.48. The second-order valence-corrected chi connectivity index (χ2v) is 12.9. The van der Waals surface area contributed by atoms with Crippen molar-refractivity contribution in [1.82, 2.24) is 20.0 Å². The number of nitrogens with zero attached hydrogens (tertiary/aromatic N) is 3. The van der Waals surface area contributed by atoms with E-state index in [1.807, 2.05) is 12.1 Å². The zero-order valence-corrected chi connectivity index (χ0v) is 20.4. The Balaban J connectivity index is 1.34. The summed E-state index contributed by atoms with van der Waals surface area (Å²) in [4.78, 5) is 27.9. The summed E-state index contributed by atoms with van der Waals surface area (Å²) >= 11 is 0. The minimum Gasteiger partial charge on any atom is -0.324 e. The van der Waals surface area contributed by atoms with Crippen LogP contribution in [0.4, 0.5) is 13.6 Å². The molecule has 0 spiro atoms. The second-order valence-electron chi connectivity index (χ2n) is 9.70. The molecule has 0 radical (unpaired) electrons. The zero-order valence-electron chi connectivity index (χ0n) is 19.5. The SMILES string of the molecule is CC1(F)CCN(C(=O)N2CCP(=O)(c3cc(Cc4n[nH]c(=O)c5ccccc45)ccc3F)CC2)C1. The molecule has 1 atom stereocenters. The number of rotatable bonds is 3. The van der Waals surface area contributed by atoms with E-state index in [1.54, 1.807) is 29.2 Å². The van der Waals surface area contributed by atoms with Crippen LogP contribution in [0.15, 0.2) is 47.3 Å². The topological polar surface area (TPSA) is 86.4 Å². The van der Waals surface area contributed by atoms with E-state index in [2.05, 4.69) is 10.2 Å². The van der Waals surface area contributed by atoms with Crippen LogP contribution in [0.3, 0.4) is 0 Å². The van der Waals surface area contributed by atoms with E-state index in [0.29, 0.717) is 35.9 Å². The Labute approximate surface area is 201 Å². The van der Waals surface area contributed by atoms with Gasteiger partial charge in [-0.3, -0.25) is 4.79 Å². The van der Waals surface area contributed by atoms with Crippen LogP contribution in [0.2, 0.25) is 0 Å². The Morgan fingerprint density at radius 3 is 2.51 bits per heavy atom. The fraction of sp³-hybridized carbons (Fsp3) is 0.400. The first-order chi connectivity index (χ1) is 16.7. The molecule has 2 fully saturated rings. The van der Waals surface area contributed by atoms with Gasteiger partial charge in [0.2, 0.25) is 0 Å². The van der Waals surface area contributed by atoms with Crippen LogP contribution in [-0.2, 0) is 11.0 Å². The number of carbonyl (C=O) groups is 1. The van der Waals surface area contributed by atoms with Gasteiger partial charge in [-0.25, -0.2) is 18.7 Å². The van der Waals surface area contributed by atoms with Crippen LogP contribution in [-0.4, -0.2) is 70.2 Å². The molecule has 0 saturated carbocycles. The van der Waals surface area contributed by atoms with E-state index in [4.69, 9.17) is 0 Å². The molecule has 10 heteroatoms. The zero-order chi connectivity index (χ0) is 24.8. The van der Waals surface area contributed by atoms with E-state index < -0.39 is 18.6 Å². The van der Waals surface area contributed by atoms with Gasteiger partial charge in [-0.2, -0.15) is 5.10 Å². The van der Waals surface area contributed by atoms with E-state index in [0.717, 1.165) is 5.56 Å². The number of amides is 2. The quantitative estimate of drug-likeness (QED) is 0.558. The van der Waals surface area contributed by atoms with Gasteiger partial charge in [0.05, 0.1) is 17.6 Å². The van der Waals surface area contributed by atoms with Crippen LogP contribution < -0.4 is 10.9 Å². The van der Waals surface area contributed by atoms with Gasteiger partial charge >= 0.3 is 6.03 Å². The smallest absolute Gasteiger partial charge is 0.320 e. The maximum Gasteiger partial charge on any atom is 0.320 e. The number of carbonyl (C=O) groups excluding carboxylic acids is 1. The first-order valence-corrected chi connectivity index (χ1v) is 13.8.